The van der Waals surface area contributed by atoms with Gasteiger partial charge in [0, 0.05) is 30.2 Å². The van der Waals surface area contributed by atoms with Gasteiger partial charge in [0.1, 0.15) is 0 Å². The fraction of sp³-hybridized carbons (Fsp3) is 0.556. The average Bonchev–Trinajstić information content (AvgIpc) is 2.84. The number of nitrogens with two attached hydrogens (primary N) is 1. The molecule has 1 unspecified atom stereocenters. The fourth-order valence-electron chi connectivity index (χ4n) is 3.70. The second kappa shape index (κ2) is 5.61. The van der Waals surface area contributed by atoms with E-state index in [4.69, 9.17) is 5.73 Å². The van der Waals surface area contributed by atoms with Crippen molar-refractivity contribution in [3.05, 3.63) is 35.5 Å². The number of aryl methyl sites for hydroxylation is 2. The van der Waals surface area contributed by atoms with E-state index in [-0.39, 0.29) is 6.04 Å². The van der Waals surface area contributed by atoms with Crippen LogP contribution >= 0.6 is 0 Å². The van der Waals surface area contributed by atoms with Crippen molar-refractivity contribution in [2.24, 2.45) is 18.7 Å². The molecule has 1 aromatic heterocycles. The fourth-order valence-corrected chi connectivity index (χ4v) is 3.70. The molecule has 20 heavy (non-hydrogen) atoms. The highest BCUT2D eigenvalue weighted by Crippen LogP contribution is 2.36. The highest BCUT2D eigenvalue weighted by molar-refractivity contribution is 5.85. The number of rotatable bonds is 3. The third kappa shape index (κ3) is 2.37. The maximum atomic E-state index is 6.63. The molecule has 0 aliphatic heterocycles. The van der Waals surface area contributed by atoms with E-state index in [0.29, 0.717) is 5.92 Å². The van der Waals surface area contributed by atoms with Gasteiger partial charge in [-0.2, -0.15) is 0 Å². The lowest BCUT2D eigenvalue weighted by atomic mass is 9.81. The first-order valence-electron chi connectivity index (χ1n) is 8.04. The van der Waals surface area contributed by atoms with Crippen LogP contribution in [0.25, 0.3) is 10.9 Å². The highest BCUT2D eigenvalue weighted by atomic mass is 14.9. The van der Waals surface area contributed by atoms with E-state index in [2.05, 4.69) is 42.9 Å². The minimum absolute atomic E-state index is 0.200. The maximum absolute atomic E-state index is 6.63. The van der Waals surface area contributed by atoms with Gasteiger partial charge in [-0.3, -0.25) is 0 Å². The van der Waals surface area contributed by atoms with Crippen molar-refractivity contribution >= 4 is 10.9 Å². The zero-order valence-corrected chi connectivity index (χ0v) is 12.7. The van der Waals surface area contributed by atoms with Crippen LogP contribution in [0.15, 0.2) is 24.4 Å². The van der Waals surface area contributed by atoms with E-state index in [1.807, 2.05) is 0 Å². The van der Waals surface area contributed by atoms with Crippen LogP contribution in [0.5, 0.6) is 0 Å². The van der Waals surface area contributed by atoms with E-state index in [0.717, 1.165) is 6.42 Å². The Balaban J connectivity index is 2.01. The smallest absolute Gasteiger partial charge is 0.0481 e. The van der Waals surface area contributed by atoms with Crippen molar-refractivity contribution in [1.29, 1.82) is 0 Å². The van der Waals surface area contributed by atoms with Gasteiger partial charge in [0.25, 0.3) is 0 Å². The Hall–Kier alpha value is -1.28. The van der Waals surface area contributed by atoms with Gasteiger partial charge in [0.05, 0.1) is 0 Å². The predicted molar refractivity (Wildman–Crippen MR) is 85.8 cm³/mol. The first-order chi connectivity index (χ1) is 9.70. The van der Waals surface area contributed by atoms with E-state index < -0.39 is 0 Å². The van der Waals surface area contributed by atoms with E-state index in [9.17, 15) is 0 Å². The first-order valence-corrected chi connectivity index (χ1v) is 8.04. The number of hydrogen-bond acceptors (Lipinski definition) is 1. The van der Waals surface area contributed by atoms with Gasteiger partial charge in [-0.25, -0.2) is 0 Å². The molecule has 1 fully saturated rings. The highest BCUT2D eigenvalue weighted by Gasteiger charge is 2.24. The number of nitrogens with zero attached hydrogens (tertiary/aromatic N) is 1. The minimum Gasteiger partial charge on any atom is -0.350 e. The first kappa shape index (κ1) is 13.7. The molecule has 0 spiro atoms. The Morgan fingerprint density at radius 2 is 2.00 bits per heavy atom. The number of benzene rings is 1. The summed E-state index contributed by atoms with van der Waals surface area (Å²) in [6.07, 6.45) is 10.0. The normalized spacial score (nSPS) is 18.6. The van der Waals surface area contributed by atoms with Gasteiger partial charge in [-0.05, 0) is 48.4 Å². The molecule has 1 aliphatic rings. The van der Waals surface area contributed by atoms with Crippen LogP contribution in [-0.4, -0.2) is 4.57 Å². The molecular weight excluding hydrogens is 244 g/mol. The predicted octanol–water partition coefficient (Wildman–Crippen LogP) is 4.32. The van der Waals surface area contributed by atoms with Crippen molar-refractivity contribution in [3.8, 4) is 0 Å². The van der Waals surface area contributed by atoms with Gasteiger partial charge < -0.3 is 10.3 Å². The van der Waals surface area contributed by atoms with Crippen molar-refractivity contribution in [2.45, 2.75) is 51.5 Å². The Morgan fingerprint density at radius 1 is 1.25 bits per heavy atom. The van der Waals surface area contributed by atoms with E-state index in [1.165, 1.54) is 54.1 Å². The Morgan fingerprint density at radius 3 is 2.70 bits per heavy atom. The molecule has 2 nitrogen and oxygen atoms in total. The van der Waals surface area contributed by atoms with Crippen LogP contribution in [-0.2, 0) is 13.5 Å². The third-order valence-electron chi connectivity index (χ3n) is 5.01. The van der Waals surface area contributed by atoms with Crippen LogP contribution < -0.4 is 5.73 Å². The molecule has 0 bridgehead atoms. The zero-order valence-electron chi connectivity index (χ0n) is 12.7. The molecular formula is C18H26N2. The lowest BCUT2D eigenvalue weighted by molar-refractivity contribution is 0.309. The topological polar surface area (TPSA) is 30.9 Å². The second-order valence-electron chi connectivity index (χ2n) is 6.32. The van der Waals surface area contributed by atoms with Crippen LogP contribution in [0.2, 0.25) is 0 Å². The minimum atomic E-state index is 0.200. The van der Waals surface area contributed by atoms with Gasteiger partial charge in [0.2, 0.25) is 0 Å². The summed E-state index contributed by atoms with van der Waals surface area (Å²) >= 11 is 0. The average molecular weight is 270 g/mol. The zero-order chi connectivity index (χ0) is 14.1. The lowest BCUT2D eigenvalue weighted by Gasteiger charge is -2.27. The standard InChI is InChI=1S/C18H26N2/c1-3-13-9-10-17-15(11-13)16(12-20(17)2)18(19)14-7-5-4-6-8-14/h9-12,14,18H,3-8,19H2,1-2H3. The number of aromatic nitrogens is 1. The number of hydrogen-bond donors (Lipinski definition) is 1. The summed E-state index contributed by atoms with van der Waals surface area (Å²) < 4.78 is 2.23. The molecule has 3 rings (SSSR count). The largest absolute Gasteiger partial charge is 0.350 e. The lowest BCUT2D eigenvalue weighted by Crippen LogP contribution is -2.23. The van der Waals surface area contributed by atoms with Crippen molar-refractivity contribution < 1.29 is 0 Å². The molecule has 2 aromatic rings. The summed E-state index contributed by atoms with van der Waals surface area (Å²) in [6, 6.07) is 7.02. The maximum Gasteiger partial charge on any atom is 0.0481 e. The molecule has 108 valence electrons. The molecule has 0 radical (unpaired) electrons. The summed E-state index contributed by atoms with van der Waals surface area (Å²) in [5.74, 6) is 0.666. The number of fused-ring (bicyclic) bond motifs is 1. The monoisotopic (exact) mass is 270 g/mol. The van der Waals surface area contributed by atoms with Crippen molar-refractivity contribution in [1.82, 2.24) is 4.57 Å². The molecule has 1 heterocycles. The van der Waals surface area contributed by atoms with Gasteiger partial charge in [-0.1, -0.05) is 32.3 Å². The summed E-state index contributed by atoms with van der Waals surface area (Å²) in [6.45, 7) is 2.21. The molecule has 1 aromatic carbocycles. The Labute approximate surface area is 122 Å². The summed E-state index contributed by atoms with van der Waals surface area (Å²) in [7, 11) is 2.13. The van der Waals surface area contributed by atoms with E-state index in [1.54, 1.807) is 0 Å². The molecule has 1 aliphatic carbocycles. The third-order valence-corrected chi connectivity index (χ3v) is 5.01. The second-order valence-corrected chi connectivity index (χ2v) is 6.32. The molecule has 2 heteroatoms. The SMILES string of the molecule is CCc1ccc2c(c1)c(C(N)C1CCCCC1)cn2C. The summed E-state index contributed by atoms with van der Waals surface area (Å²) in [5, 5.41) is 1.37. The Kier molecular flexibility index (Phi) is 3.84. The molecule has 0 amide bonds. The van der Waals surface area contributed by atoms with Crippen molar-refractivity contribution in [2.75, 3.05) is 0 Å². The molecule has 1 saturated carbocycles. The van der Waals surface area contributed by atoms with Crippen LogP contribution in [0.4, 0.5) is 0 Å². The van der Waals surface area contributed by atoms with Gasteiger partial charge in [-0.15, -0.1) is 0 Å². The Bertz CT molecular complexity index is 591. The van der Waals surface area contributed by atoms with Crippen LogP contribution in [0, 0.1) is 5.92 Å². The van der Waals surface area contributed by atoms with Crippen LogP contribution in [0.1, 0.15) is 56.2 Å². The van der Waals surface area contributed by atoms with Crippen LogP contribution in [0.3, 0.4) is 0 Å². The quantitative estimate of drug-likeness (QED) is 0.884. The molecule has 2 N–H and O–H groups in total. The summed E-state index contributed by atoms with van der Waals surface area (Å²) in [5.41, 5.74) is 10.7. The van der Waals surface area contributed by atoms with Crippen molar-refractivity contribution in [3.63, 3.8) is 0 Å². The molecule has 1 atom stereocenters. The van der Waals surface area contributed by atoms with Gasteiger partial charge in [0.15, 0.2) is 0 Å². The van der Waals surface area contributed by atoms with Gasteiger partial charge >= 0.3 is 0 Å². The summed E-state index contributed by atoms with van der Waals surface area (Å²) in [4.78, 5) is 0. The molecule has 0 saturated heterocycles. The van der Waals surface area contributed by atoms with E-state index >= 15 is 0 Å².